The van der Waals surface area contributed by atoms with E-state index in [0.29, 0.717) is 5.92 Å². The van der Waals surface area contributed by atoms with E-state index in [1.807, 2.05) is 13.8 Å². The van der Waals surface area contributed by atoms with Gasteiger partial charge in [-0.25, -0.2) is 0 Å². The molecule has 0 rings (SSSR count). The maximum atomic E-state index is 8.95. The zero-order valence-electron chi connectivity index (χ0n) is 8.25. The van der Waals surface area contributed by atoms with Gasteiger partial charge < -0.3 is 10.2 Å². The molecule has 0 aliphatic carbocycles. The Morgan fingerprint density at radius 1 is 1.25 bits per heavy atom. The molecule has 0 saturated carbocycles. The molecule has 0 bridgehead atoms. The molecule has 0 saturated heterocycles. The van der Waals surface area contributed by atoms with Crippen LogP contribution in [0.3, 0.4) is 0 Å². The number of hydrogen-bond acceptors (Lipinski definition) is 2. The normalized spacial score (nSPS) is 13.2. The van der Waals surface area contributed by atoms with E-state index < -0.39 is 0 Å². The fraction of sp³-hybridized carbons (Fsp3) is 0.800. The highest BCUT2D eigenvalue weighted by atomic mass is 16.3. The predicted octanol–water partition coefficient (Wildman–Crippen LogP) is 1.58. The van der Waals surface area contributed by atoms with Crippen LogP contribution in [-0.4, -0.2) is 23.4 Å². The molecule has 12 heavy (non-hydrogen) atoms. The second-order valence-corrected chi connectivity index (χ2v) is 3.44. The largest absolute Gasteiger partial charge is 0.396 e. The van der Waals surface area contributed by atoms with E-state index in [1.165, 1.54) is 5.57 Å². The van der Waals surface area contributed by atoms with E-state index in [4.69, 9.17) is 10.2 Å². The Labute approximate surface area is 74.9 Å². The standard InChI is InChI=1S/C10H20O2/c1-4-9(5-8(2)3)10(6-11)7-12/h5,9-12H,4,6-7H2,1-3H3. The summed E-state index contributed by atoms with van der Waals surface area (Å²) >= 11 is 0. The van der Waals surface area contributed by atoms with Crippen molar-refractivity contribution in [2.75, 3.05) is 13.2 Å². The van der Waals surface area contributed by atoms with Gasteiger partial charge in [0, 0.05) is 19.1 Å². The van der Waals surface area contributed by atoms with Gasteiger partial charge in [0.15, 0.2) is 0 Å². The maximum absolute atomic E-state index is 8.95. The fourth-order valence-electron chi connectivity index (χ4n) is 1.34. The van der Waals surface area contributed by atoms with E-state index in [2.05, 4.69) is 13.0 Å². The van der Waals surface area contributed by atoms with Gasteiger partial charge >= 0.3 is 0 Å². The summed E-state index contributed by atoms with van der Waals surface area (Å²) in [5.74, 6) is 0.315. The summed E-state index contributed by atoms with van der Waals surface area (Å²) < 4.78 is 0. The minimum absolute atomic E-state index is 0.00454. The Balaban J connectivity index is 4.21. The zero-order valence-corrected chi connectivity index (χ0v) is 8.25. The number of aliphatic hydroxyl groups excluding tert-OH is 2. The number of rotatable bonds is 5. The van der Waals surface area contributed by atoms with Gasteiger partial charge in [0.25, 0.3) is 0 Å². The second kappa shape index (κ2) is 6.21. The topological polar surface area (TPSA) is 40.5 Å². The van der Waals surface area contributed by atoms with Crippen molar-refractivity contribution in [3.8, 4) is 0 Å². The van der Waals surface area contributed by atoms with Crippen LogP contribution in [0.4, 0.5) is 0 Å². The van der Waals surface area contributed by atoms with E-state index in [0.717, 1.165) is 6.42 Å². The average molecular weight is 172 g/mol. The molecular formula is C10H20O2. The van der Waals surface area contributed by atoms with Crippen LogP contribution in [0.2, 0.25) is 0 Å². The summed E-state index contributed by atoms with van der Waals surface area (Å²) in [5.41, 5.74) is 1.24. The summed E-state index contributed by atoms with van der Waals surface area (Å²) in [6.07, 6.45) is 3.09. The predicted molar refractivity (Wildman–Crippen MR) is 50.9 cm³/mol. The van der Waals surface area contributed by atoms with Crippen LogP contribution in [0.1, 0.15) is 27.2 Å². The monoisotopic (exact) mass is 172 g/mol. The molecule has 2 nitrogen and oxygen atoms in total. The fourth-order valence-corrected chi connectivity index (χ4v) is 1.34. The van der Waals surface area contributed by atoms with Gasteiger partial charge in [-0.1, -0.05) is 18.6 Å². The molecule has 1 unspecified atom stereocenters. The van der Waals surface area contributed by atoms with Crippen LogP contribution >= 0.6 is 0 Å². The summed E-state index contributed by atoms with van der Waals surface area (Å²) in [6, 6.07) is 0. The second-order valence-electron chi connectivity index (χ2n) is 3.44. The Bertz CT molecular complexity index is 133. The van der Waals surface area contributed by atoms with E-state index in [-0.39, 0.29) is 19.1 Å². The molecular weight excluding hydrogens is 152 g/mol. The zero-order chi connectivity index (χ0) is 9.56. The molecule has 0 aliphatic heterocycles. The minimum atomic E-state index is 0.00454. The molecule has 0 aromatic heterocycles. The highest BCUT2D eigenvalue weighted by molar-refractivity contribution is 4.98. The van der Waals surface area contributed by atoms with Gasteiger partial charge in [-0.15, -0.1) is 0 Å². The highest BCUT2D eigenvalue weighted by Gasteiger charge is 2.15. The Hall–Kier alpha value is -0.340. The third kappa shape index (κ3) is 3.88. The number of aliphatic hydroxyl groups is 2. The quantitative estimate of drug-likeness (QED) is 0.618. The number of allylic oxidation sites excluding steroid dienone is 2. The van der Waals surface area contributed by atoms with Crippen molar-refractivity contribution < 1.29 is 10.2 Å². The van der Waals surface area contributed by atoms with Crippen LogP contribution in [0, 0.1) is 11.8 Å². The third-order valence-corrected chi connectivity index (χ3v) is 2.09. The first-order valence-electron chi connectivity index (χ1n) is 4.52. The van der Waals surface area contributed by atoms with Crippen LogP contribution < -0.4 is 0 Å². The minimum Gasteiger partial charge on any atom is -0.396 e. The van der Waals surface area contributed by atoms with Crippen LogP contribution in [-0.2, 0) is 0 Å². The van der Waals surface area contributed by atoms with E-state index >= 15 is 0 Å². The molecule has 0 aromatic rings. The van der Waals surface area contributed by atoms with Crippen molar-refractivity contribution in [2.45, 2.75) is 27.2 Å². The molecule has 0 heterocycles. The average Bonchev–Trinajstić information content (AvgIpc) is 2.04. The summed E-state index contributed by atoms with van der Waals surface area (Å²) in [6.45, 7) is 6.28. The Morgan fingerprint density at radius 3 is 2.00 bits per heavy atom. The molecule has 0 radical (unpaired) electrons. The molecule has 2 heteroatoms. The van der Waals surface area contributed by atoms with Crippen LogP contribution in [0.5, 0.6) is 0 Å². The van der Waals surface area contributed by atoms with Crippen LogP contribution in [0.15, 0.2) is 11.6 Å². The van der Waals surface area contributed by atoms with Crippen molar-refractivity contribution in [3.63, 3.8) is 0 Å². The van der Waals surface area contributed by atoms with Gasteiger partial charge in [0.2, 0.25) is 0 Å². The van der Waals surface area contributed by atoms with Crippen molar-refractivity contribution in [1.29, 1.82) is 0 Å². The molecule has 0 aromatic carbocycles. The lowest BCUT2D eigenvalue weighted by atomic mass is 9.90. The van der Waals surface area contributed by atoms with Gasteiger partial charge in [-0.3, -0.25) is 0 Å². The van der Waals surface area contributed by atoms with Crippen molar-refractivity contribution in [1.82, 2.24) is 0 Å². The van der Waals surface area contributed by atoms with Gasteiger partial charge in [0.05, 0.1) is 0 Å². The Kier molecular flexibility index (Phi) is 6.03. The van der Waals surface area contributed by atoms with Crippen molar-refractivity contribution in [3.05, 3.63) is 11.6 Å². The van der Waals surface area contributed by atoms with Gasteiger partial charge in [0.1, 0.15) is 0 Å². The Morgan fingerprint density at radius 2 is 1.75 bits per heavy atom. The van der Waals surface area contributed by atoms with Crippen LogP contribution in [0.25, 0.3) is 0 Å². The number of hydrogen-bond donors (Lipinski definition) is 2. The van der Waals surface area contributed by atoms with E-state index in [9.17, 15) is 0 Å². The summed E-state index contributed by atoms with van der Waals surface area (Å²) in [4.78, 5) is 0. The first-order valence-corrected chi connectivity index (χ1v) is 4.52. The van der Waals surface area contributed by atoms with Gasteiger partial charge in [-0.2, -0.15) is 0 Å². The first kappa shape index (κ1) is 11.7. The van der Waals surface area contributed by atoms with Gasteiger partial charge in [-0.05, 0) is 26.2 Å². The molecule has 0 amide bonds. The molecule has 0 fully saturated rings. The smallest absolute Gasteiger partial charge is 0.0486 e. The van der Waals surface area contributed by atoms with E-state index in [1.54, 1.807) is 0 Å². The summed E-state index contributed by atoms with van der Waals surface area (Å²) in [5, 5.41) is 17.9. The van der Waals surface area contributed by atoms with Crippen molar-refractivity contribution >= 4 is 0 Å². The lowest BCUT2D eigenvalue weighted by molar-refractivity contribution is 0.120. The van der Waals surface area contributed by atoms with Crippen molar-refractivity contribution in [2.24, 2.45) is 11.8 Å². The lowest BCUT2D eigenvalue weighted by Crippen LogP contribution is -2.20. The molecule has 2 N–H and O–H groups in total. The summed E-state index contributed by atoms with van der Waals surface area (Å²) in [7, 11) is 0. The molecule has 0 aliphatic rings. The SMILES string of the molecule is CCC(C=C(C)C)C(CO)CO. The first-order chi connectivity index (χ1) is 5.65. The molecule has 72 valence electrons. The molecule has 0 spiro atoms. The maximum Gasteiger partial charge on any atom is 0.0486 e. The highest BCUT2D eigenvalue weighted by Crippen LogP contribution is 2.18. The lowest BCUT2D eigenvalue weighted by Gasteiger charge is -2.19. The molecule has 1 atom stereocenters. The third-order valence-electron chi connectivity index (χ3n) is 2.09.